The molecule has 0 aromatic heterocycles. The summed E-state index contributed by atoms with van der Waals surface area (Å²) in [6.45, 7) is 9.25. The van der Waals surface area contributed by atoms with Crippen molar-refractivity contribution in [3.8, 4) is 0 Å². The van der Waals surface area contributed by atoms with Gasteiger partial charge in [0.15, 0.2) is 0 Å². The predicted octanol–water partition coefficient (Wildman–Crippen LogP) is 4.22. The highest BCUT2D eigenvalue weighted by Gasteiger charge is 2.54. The van der Waals surface area contributed by atoms with Gasteiger partial charge in [-0.05, 0) is 36.5 Å². The second-order valence-electron chi connectivity index (χ2n) is 8.24. The van der Waals surface area contributed by atoms with E-state index < -0.39 is 0 Å². The monoisotopic (exact) mass is 357 g/mol. The average molecular weight is 357 g/mol. The minimum absolute atomic E-state index is 0.0513. The maximum Gasteiger partial charge on any atom is 0.302 e. The highest BCUT2D eigenvalue weighted by atomic mass is 16.5. The highest BCUT2D eigenvalue weighted by molar-refractivity contribution is 5.66. The number of ether oxygens (including phenoxy) is 2. The van der Waals surface area contributed by atoms with Crippen LogP contribution in [0.25, 0.3) is 0 Å². The molecule has 1 heterocycles. The molecule has 1 aliphatic heterocycles. The summed E-state index contributed by atoms with van der Waals surface area (Å²) in [7, 11) is 4.10. The second kappa shape index (κ2) is 7.07. The Labute approximate surface area is 157 Å². The lowest BCUT2D eigenvalue weighted by Crippen LogP contribution is -2.54. The first-order valence-electron chi connectivity index (χ1n) is 9.47. The van der Waals surface area contributed by atoms with Gasteiger partial charge in [0.05, 0.1) is 19.3 Å². The van der Waals surface area contributed by atoms with Crippen molar-refractivity contribution in [2.24, 2.45) is 23.2 Å². The van der Waals surface area contributed by atoms with Crippen molar-refractivity contribution in [1.29, 1.82) is 0 Å². The van der Waals surface area contributed by atoms with Crippen LogP contribution < -0.4 is 4.90 Å². The van der Waals surface area contributed by atoms with Crippen LogP contribution in [0.3, 0.4) is 0 Å². The van der Waals surface area contributed by atoms with E-state index in [0.29, 0.717) is 31.0 Å². The van der Waals surface area contributed by atoms with E-state index in [1.54, 1.807) is 0 Å². The minimum Gasteiger partial charge on any atom is -0.465 e. The van der Waals surface area contributed by atoms with E-state index in [0.717, 1.165) is 0 Å². The van der Waals surface area contributed by atoms with Gasteiger partial charge in [-0.3, -0.25) is 4.79 Å². The number of fused-ring (bicyclic) bond motifs is 2. The van der Waals surface area contributed by atoms with Gasteiger partial charge in [-0.15, -0.1) is 0 Å². The third-order valence-corrected chi connectivity index (χ3v) is 6.53. The Morgan fingerprint density at radius 1 is 1.27 bits per heavy atom. The van der Waals surface area contributed by atoms with Gasteiger partial charge in [-0.25, -0.2) is 0 Å². The summed E-state index contributed by atoms with van der Waals surface area (Å²) >= 11 is 0. The van der Waals surface area contributed by atoms with Crippen molar-refractivity contribution in [3.05, 3.63) is 41.5 Å². The van der Waals surface area contributed by atoms with Crippen LogP contribution in [0, 0.1) is 23.2 Å². The van der Waals surface area contributed by atoms with Gasteiger partial charge >= 0.3 is 5.97 Å². The molecule has 0 unspecified atom stereocenters. The van der Waals surface area contributed by atoms with Crippen molar-refractivity contribution in [1.82, 2.24) is 0 Å². The molecule has 0 spiro atoms. The predicted molar refractivity (Wildman–Crippen MR) is 104 cm³/mol. The van der Waals surface area contributed by atoms with Gasteiger partial charge in [0, 0.05) is 38.0 Å². The van der Waals surface area contributed by atoms with Crippen molar-refractivity contribution < 1.29 is 14.3 Å². The molecule has 4 nitrogen and oxygen atoms in total. The zero-order chi connectivity index (χ0) is 19.1. The smallest absolute Gasteiger partial charge is 0.302 e. The summed E-state index contributed by atoms with van der Waals surface area (Å²) in [6, 6.07) is 8.65. The zero-order valence-electron chi connectivity index (χ0n) is 16.8. The third-order valence-electron chi connectivity index (χ3n) is 6.53. The van der Waals surface area contributed by atoms with Crippen LogP contribution in [0.2, 0.25) is 0 Å². The number of benzene rings is 1. The molecule has 0 saturated carbocycles. The molecule has 0 amide bonds. The maximum absolute atomic E-state index is 11.4. The van der Waals surface area contributed by atoms with Gasteiger partial charge in [0.2, 0.25) is 0 Å². The number of nitrogens with zero attached hydrogens (tertiary/aromatic N) is 1. The molecule has 4 heteroatoms. The van der Waals surface area contributed by atoms with Crippen LogP contribution in [0.4, 0.5) is 5.69 Å². The summed E-state index contributed by atoms with van der Waals surface area (Å²) in [5.41, 5.74) is 3.64. The largest absolute Gasteiger partial charge is 0.465 e. The third kappa shape index (κ3) is 3.16. The first-order chi connectivity index (χ1) is 12.3. The minimum atomic E-state index is -0.219. The molecule has 142 valence electrons. The fourth-order valence-corrected chi connectivity index (χ4v) is 4.76. The molecule has 1 fully saturated rings. The zero-order valence-corrected chi connectivity index (χ0v) is 16.8. The molecule has 1 aromatic rings. The first-order valence-corrected chi connectivity index (χ1v) is 9.47. The van der Waals surface area contributed by atoms with Crippen molar-refractivity contribution in [3.63, 3.8) is 0 Å². The maximum atomic E-state index is 11.4. The number of carbonyl (C=O) groups excluding carboxylic acids is 1. The topological polar surface area (TPSA) is 38.8 Å². The molecule has 0 N–H and O–H groups in total. The van der Waals surface area contributed by atoms with E-state index in [4.69, 9.17) is 9.47 Å². The number of carbonyl (C=O) groups is 1. The summed E-state index contributed by atoms with van der Waals surface area (Å²) in [6.07, 6.45) is 2.41. The van der Waals surface area contributed by atoms with Gasteiger partial charge in [0.1, 0.15) is 0 Å². The summed E-state index contributed by atoms with van der Waals surface area (Å²) in [5, 5.41) is 0. The normalized spacial score (nSPS) is 33.4. The summed E-state index contributed by atoms with van der Waals surface area (Å²) in [4.78, 5) is 13.5. The van der Waals surface area contributed by atoms with E-state index in [2.05, 4.69) is 56.0 Å². The van der Waals surface area contributed by atoms with E-state index in [-0.39, 0.29) is 17.5 Å². The number of rotatable bonds is 4. The average Bonchev–Trinajstić information content (AvgIpc) is 2.59. The van der Waals surface area contributed by atoms with Crippen LogP contribution in [0.15, 0.2) is 35.9 Å². The summed E-state index contributed by atoms with van der Waals surface area (Å²) < 4.78 is 11.9. The number of hydrogen-bond donors (Lipinski definition) is 0. The fraction of sp³-hybridized carbons (Fsp3) is 0.591. The molecule has 1 saturated heterocycles. The quantitative estimate of drug-likeness (QED) is 0.597. The van der Waals surface area contributed by atoms with E-state index >= 15 is 0 Å². The molecule has 3 rings (SSSR count). The van der Waals surface area contributed by atoms with E-state index in [1.165, 1.54) is 23.7 Å². The van der Waals surface area contributed by atoms with Crippen LogP contribution in [-0.4, -0.2) is 33.3 Å². The first kappa shape index (κ1) is 19.0. The molecule has 5 atom stereocenters. The van der Waals surface area contributed by atoms with Crippen molar-refractivity contribution in [2.45, 2.75) is 33.8 Å². The molecule has 26 heavy (non-hydrogen) atoms. The lowest BCUT2D eigenvalue weighted by Gasteiger charge is -2.55. The number of hydrogen-bond acceptors (Lipinski definition) is 4. The SMILES string of the molecule is CC(=O)OC[C@@]12CO[C@H](c3ccc(N(C)C)cc3)[C@H](C(C)=C[C@@H]1C)[C@@H]2C. The Morgan fingerprint density at radius 2 is 1.92 bits per heavy atom. The van der Waals surface area contributed by atoms with E-state index in [1.807, 2.05) is 14.1 Å². The van der Waals surface area contributed by atoms with E-state index in [9.17, 15) is 4.79 Å². The summed E-state index contributed by atoms with van der Waals surface area (Å²) in [5.74, 6) is 0.794. The molecular weight excluding hydrogens is 326 g/mol. The number of anilines is 1. The Balaban J connectivity index is 1.91. The Morgan fingerprint density at radius 3 is 2.50 bits per heavy atom. The van der Waals surface area contributed by atoms with Gasteiger partial charge < -0.3 is 14.4 Å². The van der Waals surface area contributed by atoms with Gasteiger partial charge in [-0.2, -0.15) is 0 Å². The fourth-order valence-electron chi connectivity index (χ4n) is 4.76. The van der Waals surface area contributed by atoms with Crippen LogP contribution in [0.5, 0.6) is 0 Å². The van der Waals surface area contributed by atoms with Crippen LogP contribution in [0.1, 0.15) is 39.4 Å². The molecule has 0 radical (unpaired) electrons. The molecule has 1 aromatic carbocycles. The standard InChI is InChI=1S/C22H31NO3/c1-14-11-15(2)22(12-25-17(4)24)13-26-21(20(14)16(22)3)18-7-9-19(10-8-18)23(5)6/h7-11,15-16,20-21H,12-13H2,1-6H3/t15-,16-,20+,21+,22+/m0/s1. The second-order valence-corrected chi connectivity index (χ2v) is 8.24. The van der Waals surface area contributed by atoms with Crippen LogP contribution in [-0.2, 0) is 14.3 Å². The lowest BCUT2D eigenvalue weighted by atomic mass is 9.56. The van der Waals surface area contributed by atoms with Crippen LogP contribution >= 0.6 is 0 Å². The highest BCUT2D eigenvalue weighted by Crippen LogP contribution is 2.56. The molecule has 1 aliphatic carbocycles. The molecule has 2 bridgehead atoms. The molecular formula is C22H31NO3. The number of esters is 1. The van der Waals surface area contributed by atoms with Crippen molar-refractivity contribution >= 4 is 11.7 Å². The Bertz CT molecular complexity index is 694. The lowest BCUT2D eigenvalue weighted by molar-refractivity contribution is -0.180. The Hall–Kier alpha value is -1.81. The van der Waals surface area contributed by atoms with Gasteiger partial charge in [-0.1, -0.05) is 37.6 Å². The Kier molecular flexibility index (Phi) is 5.16. The van der Waals surface area contributed by atoms with Gasteiger partial charge in [0.25, 0.3) is 0 Å². The van der Waals surface area contributed by atoms with Crippen molar-refractivity contribution in [2.75, 3.05) is 32.2 Å². The number of allylic oxidation sites excluding steroid dienone is 1. The molecule has 2 aliphatic rings.